The molecule has 8 nitrogen and oxygen atoms in total. The number of carbonyl (C=O) groups is 1. The molecule has 0 spiro atoms. The van der Waals surface area contributed by atoms with Gasteiger partial charge in [0.25, 0.3) is 0 Å². The minimum Gasteiger partial charge on any atom is -0.369 e. The maximum absolute atomic E-state index is 13.9. The van der Waals surface area contributed by atoms with Crippen molar-refractivity contribution in [2.24, 2.45) is 4.99 Å². The van der Waals surface area contributed by atoms with E-state index in [2.05, 4.69) is 20.1 Å². The highest BCUT2D eigenvalue weighted by Gasteiger charge is 2.24. The number of ketones is 1. The van der Waals surface area contributed by atoms with E-state index in [-0.39, 0.29) is 12.0 Å². The standard InChI is InChI=1S/C25H26N6O2/c1-16-13-18(23(28-15-30(2)3)17-7-6-10-26-22(16)17)25(32)24-19-14-29-31(20(19)9-11-27-24)21-8-4-5-12-33-21/h6-7,9-11,13-15,21H,4-5,8,12H2,1-3H3. The molecule has 1 aromatic carbocycles. The Morgan fingerprint density at radius 2 is 2.09 bits per heavy atom. The molecule has 0 bridgehead atoms. The topological polar surface area (TPSA) is 85.5 Å². The third kappa shape index (κ3) is 3.87. The Bertz CT molecular complexity index is 1370. The lowest BCUT2D eigenvalue weighted by atomic mass is 9.97. The van der Waals surface area contributed by atoms with Gasteiger partial charge in [0.15, 0.2) is 6.23 Å². The summed E-state index contributed by atoms with van der Waals surface area (Å²) in [5.41, 5.74) is 4.03. The number of aliphatic imine (C=N–C) groups is 1. The van der Waals surface area contributed by atoms with Gasteiger partial charge in [-0.3, -0.25) is 14.8 Å². The summed E-state index contributed by atoms with van der Waals surface area (Å²) in [5, 5.41) is 6.10. The molecule has 0 amide bonds. The molecule has 1 aliphatic heterocycles. The minimum absolute atomic E-state index is 0.115. The maximum atomic E-state index is 13.9. The van der Waals surface area contributed by atoms with E-state index in [1.165, 1.54) is 0 Å². The zero-order valence-electron chi connectivity index (χ0n) is 19.0. The molecule has 0 aliphatic carbocycles. The van der Waals surface area contributed by atoms with Crippen molar-refractivity contribution < 1.29 is 9.53 Å². The summed E-state index contributed by atoms with van der Waals surface area (Å²) in [7, 11) is 3.78. The first-order valence-electron chi connectivity index (χ1n) is 11.1. The number of aryl methyl sites for hydroxylation is 1. The number of aromatic nitrogens is 4. The predicted molar refractivity (Wildman–Crippen MR) is 128 cm³/mol. The average molecular weight is 443 g/mol. The Labute approximate surface area is 191 Å². The molecule has 0 saturated carbocycles. The number of hydrogen-bond acceptors (Lipinski definition) is 6. The van der Waals surface area contributed by atoms with Crippen LogP contribution in [0.1, 0.15) is 47.1 Å². The van der Waals surface area contributed by atoms with Crippen LogP contribution in [0.25, 0.3) is 21.8 Å². The van der Waals surface area contributed by atoms with Crippen molar-refractivity contribution in [3.63, 3.8) is 0 Å². The van der Waals surface area contributed by atoms with Gasteiger partial charge in [-0.1, -0.05) is 0 Å². The van der Waals surface area contributed by atoms with Gasteiger partial charge in [0.1, 0.15) is 5.69 Å². The maximum Gasteiger partial charge on any atom is 0.214 e. The predicted octanol–water partition coefficient (Wildman–Crippen LogP) is 4.44. The monoisotopic (exact) mass is 442 g/mol. The number of rotatable bonds is 5. The van der Waals surface area contributed by atoms with Gasteiger partial charge < -0.3 is 9.64 Å². The molecule has 168 valence electrons. The van der Waals surface area contributed by atoms with Crippen LogP contribution in [0.3, 0.4) is 0 Å². The normalized spacial score (nSPS) is 16.6. The second-order valence-corrected chi connectivity index (χ2v) is 8.53. The number of fused-ring (bicyclic) bond motifs is 2. The molecule has 1 saturated heterocycles. The number of hydrogen-bond donors (Lipinski definition) is 0. The van der Waals surface area contributed by atoms with Crippen LogP contribution in [0.15, 0.2) is 47.8 Å². The van der Waals surface area contributed by atoms with Gasteiger partial charge >= 0.3 is 0 Å². The van der Waals surface area contributed by atoms with Crippen molar-refractivity contribution in [2.75, 3.05) is 20.7 Å². The number of ether oxygens (including phenoxy) is 1. The van der Waals surface area contributed by atoms with E-state index in [1.54, 1.807) is 24.9 Å². The molecule has 3 aromatic heterocycles. The lowest BCUT2D eigenvalue weighted by molar-refractivity contribution is -0.0366. The fraction of sp³-hybridized carbons (Fsp3) is 0.320. The van der Waals surface area contributed by atoms with Gasteiger partial charge in [-0.2, -0.15) is 5.10 Å². The van der Waals surface area contributed by atoms with Crippen LogP contribution in [0, 0.1) is 6.92 Å². The lowest BCUT2D eigenvalue weighted by Gasteiger charge is -2.23. The smallest absolute Gasteiger partial charge is 0.214 e. The Balaban J connectivity index is 1.66. The zero-order chi connectivity index (χ0) is 22.9. The van der Waals surface area contributed by atoms with Crippen LogP contribution >= 0.6 is 0 Å². The quantitative estimate of drug-likeness (QED) is 0.258. The van der Waals surface area contributed by atoms with Gasteiger partial charge in [-0.05, 0) is 56.0 Å². The molecule has 0 N–H and O–H groups in total. The molecule has 5 rings (SSSR count). The molecule has 1 aliphatic rings. The number of carbonyl (C=O) groups excluding carboxylic acids is 1. The Hall–Kier alpha value is -3.65. The van der Waals surface area contributed by atoms with Crippen molar-refractivity contribution in [2.45, 2.75) is 32.4 Å². The third-order valence-electron chi connectivity index (χ3n) is 5.88. The van der Waals surface area contributed by atoms with Crippen LogP contribution in [-0.4, -0.2) is 57.5 Å². The molecular weight excluding hydrogens is 416 g/mol. The first-order valence-corrected chi connectivity index (χ1v) is 11.1. The second kappa shape index (κ2) is 8.71. The molecule has 1 fully saturated rings. The molecule has 1 unspecified atom stereocenters. The number of benzene rings is 1. The van der Waals surface area contributed by atoms with E-state index >= 15 is 0 Å². The van der Waals surface area contributed by atoms with E-state index in [0.29, 0.717) is 22.3 Å². The van der Waals surface area contributed by atoms with Crippen LogP contribution in [0.2, 0.25) is 0 Å². The second-order valence-electron chi connectivity index (χ2n) is 8.53. The molecule has 4 aromatic rings. The molecule has 33 heavy (non-hydrogen) atoms. The average Bonchev–Trinajstić information content (AvgIpc) is 3.28. The lowest BCUT2D eigenvalue weighted by Crippen LogP contribution is -2.19. The highest BCUT2D eigenvalue weighted by atomic mass is 16.5. The Morgan fingerprint density at radius 3 is 2.88 bits per heavy atom. The van der Waals surface area contributed by atoms with Gasteiger partial charge in [0.2, 0.25) is 5.78 Å². The minimum atomic E-state index is -0.190. The summed E-state index contributed by atoms with van der Waals surface area (Å²) in [6.45, 7) is 2.68. The van der Waals surface area contributed by atoms with E-state index in [1.807, 2.05) is 54.9 Å². The van der Waals surface area contributed by atoms with E-state index < -0.39 is 0 Å². The van der Waals surface area contributed by atoms with E-state index in [0.717, 1.165) is 47.9 Å². The van der Waals surface area contributed by atoms with Crippen molar-refractivity contribution in [3.8, 4) is 0 Å². The highest BCUT2D eigenvalue weighted by molar-refractivity contribution is 6.19. The Kier molecular flexibility index (Phi) is 5.60. The molecular formula is C25H26N6O2. The fourth-order valence-corrected chi connectivity index (χ4v) is 4.32. The van der Waals surface area contributed by atoms with Crippen LogP contribution in [0.4, 0.5) is 5.69 Å². The summed E-state index contributed by atoms with van der Waals surface area (Å²) < 4.78 is 7.79. The molecule has 1 atom stereocenters. The zero-order valence-corrected chi connectivity index (χ0v) is 19.0. The summed E-state index contributed by atoms with van der Waals surface area (Å²) in [5.74, 6) is -0.190. The third-order valence-corrected chi connectivity index (χ3v) is 5.88. The first-order chi connectivity index (χ1) is 16.0. The van der Waals surface area contributed by atoms with E-state index in [4.69, 9.17) is 4.74 Å². The van der Waals surface area contributed by atoms with Gasteiger partial charge in [-0.25, -0.2) is 9.67 Å². The molecule has 8 heteroatoms. The molecule has 4 heterocycles. The highest BCUT2D eigenvalue weighted by Crippen LogP contribution is 2.34. The summed E-state index contributed by atoms with van der Waals surface area (Å²) in [6.07, 6.45) is 9.77. The SMILES string of the molecule is Cc1cc(C(=O)c2nccc3c2cnn3C2CCCCO2)c(N=CN(C)C)c2cccnc12. The van der Waals surface area contributed by atoms with Crippen LogP contribution in [-0.2, 0) is 4.74 Å². The largest absolute Gasteiger partial charge is 0.369 e. The molecule has 0 radical (unpaired) electrons. The summed E-state index contributed by atoms with van der Waals surface area (Å²) in [6, 6.07) is 7.55. The van der Waals surface area contributed by atoms with Crippen LogP contribution in [0.5, 0.6) is 0 Å². The van der Waals surface area contributed by atoms with Gasteiger partial charge in [-0.15, -0.1) is 0 Å². The van der Waals surface area contributed by atoms with Crippen molar-refractivity contribution >= 4 is 39.6 Å². The summed E-state index contributed by atoms with van der Waals surface area (Å²) >= 11 is 0. The van der Waals surface area contributed by atoms with Gasteiger partial charge in [0.05, 0.1) is 34.8 Å². The van der Waals surface area contributed by atoms with Crippen molar-refractivity contribution in [3.05, 3.63) is 59.7 Å². The number of nitrogens with zero attached hydrogens (tertiary/aromatic N) is 6. The van der Waals surface area contributed by atoms with Crippen molar-refractivity contribution in [1.29, 1.82) is 0 Å². The number of pyridine rings is 2. The van der Waals surface area contributed by atoms with Crippen molar-refractivity contribution in [1.82, 2.24) is 24.6 Å². The summed E-state index contributed by atoms with van der Waals surface area (Å²) in [4.78, 5) is 29.3. The Morgan fingerprint density at radius 1 is 1.21 bits per heavy atom. The first kappa shape index (κ1) is 21.2. The van der Waals surface area contributed by atoms with Crippen LogP contribution < -0.4 is 0 Å². The van der Waals surface area contributed by atoms with Gasteiger partial charge in [0, 0.05) is 43.9 Å². The van der Waals surface area contributed by atoms with E-state index in [9.17, 15) is 4.79 Å². The fourth-order valence-electron chi connectivity index (χ4n) is 4.32.